The highest BCUT2D eigenvalue weighted by atomic mass is 35.5. The highest BCUT2D eigenvalue weighted by Crippen LogP contribution is 2.24. The predicted octanol–water partition coefficient (Wildman–Crippen LogP) is 1.75. The molecule has 1 aliphatic heterocycles. The van der Waals surface area contributed by atoms with Gasteiger partial charge in [-0.05, 0) is 37.2 Å². The lowest BCUT2D eigenvalue weighted by Crippen LogP contribution is -2.25. The first-order valence-corrected chi connectivity index (χ1v) is 5.96. The van der Waals surface area contributed by atoms with Crippen molar-refractivity contribution >= 4 is 17.4 Å². The summed E-state index contributed by atoms with van der Waals surface area (Å²) < 4.78 is 1.90. The van der Waals surface area contributed by atoms with E-state index in [0.717, 1.165) is 35.9 Å². The summed E-state index contributed by atoms with van der Waals surface area (Å²) in [4.78, 5) is 0. The van der Waals surface area contributed by atoms with Crippen LogP contribution in [-0.4, -0.2) is 16.3 Å². The molecular formula is C12H13ClN4. The maximum atomic E-state index is 5.94. The van der Waals surface area contributed by atoms with E-state index in [0.29, 0.717) is 5.82 Å². The minimum absolute atomic E-state index is 0.636. The fourth-order valence-electron chi connectivity index (χ4n) is 2.17. The van der Waals surface area contributed by atoms with Gasteiger partial charge in [0.15, 0.2) is 0 Å². The summed E-state index contributed by atoms with van der Waals surface area (Å²) in [5.41, 5.74) is 9.25. The van der Waals surface area contributed by atoms with Crippen LogP contribution in [0.5, 0.6) is 0 Å². The summed E-state index contributed by atoms with van der Waals surface area (Å²) in [6.07, 6.45) is 0.939. The number of aromatic nitrogens is 2. The van der Waals surface area contributed by atoms with Gasteiger partial charge in [0.2, 0.25) is 0 Å². The molecule has 17 heavy (non-hydrogen) atoms. The van der Waals surface area contributed by atoms with Gasteiger partial charge in [-0.1, -0.05) is 11.6 Å². The third kappa shape index (κ3) is 1.79. The molecule has 0 amide bonds. The summed E-state index contributed by atoms with van der Waals surface area (Å²) in [6.45, 7) is 1.77. The van der Waals surface area contributed by atoms with Crippen molar-refractivity contribution in [1.82, 2.24) is 15.1 Å². The smallest absolute Gasteiger partial charge is 0.149 e. The summed E-state index contributed by atoms with van der Waals surface area (Å²) in [6, 6.07) is 7.61. The summed E-state index contributed by atoms with van der Waals surface area (Å²) in [7, 11) is 0. The molecule has 0 atom stereocenters. The summed E-state index contributed by atoms with van der Waals surface area (Å²) >= 11 is 5.88. The van der Waals surface area contributed by atoms with Gasteiger partial charge in [-0.15, -0.1) is 0 Å². The molecule has 5 heteroatoms. The molecular weight excluding hydrogens is 236 g/mol. The number of halogens is 1. The number of nitrogens with zero attached hydrogens (tertiary/aromatic N) is 2. The van der Waals surface area contributed by atoms with Crippen LogP contribution in [0.15, 0.2) is 24.3 Å². The van der Waals surface area contributed by atoms with E-state index < -0.39 is 0 Å². The molecule has 0 fully saturated rings. The quantitative estimate of drug-likeness (QED) is 0.809. The van der Waals surface area contributed by atoms with Crippen molar-refractivity contribution in [1.29, 1.82) is 0 Å². The van der Waals surface area contributed by atoms with E-state index in [1.807, 2.05) is 28.9 Å². The zero-order chi connectivity index (χ0) is 11.8. The Kier molecular flexibility index (Phi) is 2.53. The minimum atomic E-state index is 0.636. The highest BCUT2D eigenvalue weighted by Gasteiger charge is 2.19. The molecule has 4 nitrogen and oxygen atoms in total. The van der Waals surface area contributed by atoms with Crippen LogP contribution < -0.4 is 11.1 Å². The van der Waals surface area contributed by atoms with E-state index in [2.05, 4.69) is 10.4 Å². The predicted molar refractivity (Wildman–Crippen MR) is 68.4 cm³/mol. The molecule has 1 aliphatic rings. The summed E-state index contributed by atoms with van der Waals surface area (Å²) in [5, 5.41) is 8.46. The Balaban J connectivity index is 2.11. The van der Waals surface area contributed by atoms with Crippen molar-refractivity contribution in [2.75, 3.05) is 12.3 Å². The number of hydrogen-bond donors (Lipinski definition) is 2. The Morgan fingerprint density at radius 2 is 2.06 bits per heavy atom. The maximum Gasteiger partial charge on any atom is 0.149 e. The van der Waals surface area contributed by atoms with Gasteiger partial charge in [0.05, 0.1) is 11.4 Å². The average molecular weight is 249 g/mol. The summed E-state index contributed by atoms with van der Waals surface area (Å²) in [5.74, 6) is 0.636. The minimum Gasteiger partial charge on any atom is -0.382 e. The normalized spacial score (nSPS) is 14.6. The number of hydrogen-bond acceptors (Lipinski definition) is 3. The number of rotatable bonds is 1. The van der Waals surface area contributed by atoms with Crippen molar-refractivity contribution in [3.63, 3.8) is 0 Å². The zero-order valence-corrected chi connectivity index (χ0v) is 10.0. The van der Waals surface area contributed by atoms with Crippen molar-refractivity contribution in [3.05, 3.63) is 40.5 Å². The van der Waals surface area contributed by atoms with Gasteiger partial charge in [0, 0.05) is 17.1 Å². The molecule has 0 unspecified atom stereocenters. The molecule has 0 saturated heterocycles. The first-order chi connectivity index (χ1) is 8.25. The van der Waals surface area contributed by atoms with Crippen LogP contribution in [0.1, 0.15) is 11.3 Å². The highest BCUT2D eigenvalue weighted by molar-refractivity contribution is 6.30. The molecule has 0 spiro atoms. The first kappa shape index (κ1) is 10.6. The van der Waals surface area contributed by atoms with E-state index >= 15 is 0 Å². The van der Waals surface area contributed by atoms with Gasteiger partial charge in [0.1, 0.15) is 5.82 Å². The number of nitrogens with two attached hydrogens (primary N) is 1. The molecule has 2 aromatic rings. The van der Waals surface area contributed by atoms with E-state index in [1.165, 1.54) is 5.56 Å². The number of nitrogens with one attached hydrogen (secondary N) is 1. The lowest BCUT2D eigenvalue weighted by molar-refractivity contribution is 0.614. The average Bonchev–Trinajstić information content (AvgIpc) is 2.69. The Labute approximate surface area is 104 Å². The van der Waals surface area contributed by atoms with Gasteiger partial charge in [-0.2, -0.15) is 5.10 Å². The third-order valence-electron chi connectivity index (χ3n) is 3.04. The van der Waals surface area contributed by atoms with Crippen LogP contribution in [0, 0.1) is 0 Å². The first-order valence-electron chi connectivity index (χ1n) is 5.58. The largest absolute Gasteiger partial charge is 0.382 e. The number of benzene rings is 1. The maximum absolute atomic E-state index is 5.94. The molecule has 0 saturated carbocycles. The molecule has 0 radical (unpaired) electrons. The number of anilines is 1. The van der Waals surface area contributed by atoms with E-state index in [-0.39, 0.29) is 0 Å². The molecule has 1 aromatic heterocycles. The van der Waals surface area contributed by atoms with Crippen molar-refractivity contribution in [2.45, 2.75) is 13.0 Å². The fraction of sp³-hybridized carbons (Fsp3) is 0.250. The Bertz CT molecular complexity index is 544. The Hall–Kier alpha value is -1.52. The SMILES string of the molecule is Nc1nn(-c2ccc(Cl)cc2)c2c1CCNC2. The lowest BCUT2D eigenvalue weighted by Gasteiger charge is -2.15. The van der Waals surface area contributed by atoms with Gasteiger partial charge in [-0.25, -0.2) is 4.68 Å². The van der Waals surface area contributed by atoms with Crippen LogP contribution in [0.4, 0.5) is 5.82 Å². The van der Waals surface area contributed by atoms with Gasteiger partial charge in [0.25, 0.3) is 0 Å². The van der Waals surface area contributed by atoms with Crippen LogP contribution in [-0.2, 0) is 13.0 Å². The Morgan fingerprint density at radius 3 is 2.82 bits per heavy atom. The van der Waals surface area contributed by atoms with Crippen LogP contribution in [0.3, 0.4) is 0 Å². The molecule has 3 rings (SSSR count). The molecule has 1 aromatic carbocycles. The number of fused-ring (bicyclic) bond motifs is 1. The molecule has 88 valence electrons. The molecule has 0 aliphatic carbocycles. The van der Waals surface area contributed by atoms with E-state index in [9.17, 15) is 0 Å². The van der Waals surface area contributed by atoms with Crippen molar-refractivity contribution < 1.29 is 0 Å². The van der Waals surface area contributed by atoms with Crippen molar-refractivity contribution in [3.8, 4) is 5.69 Å². The lowest BCUT2D eigenvalue weighted by atomic mass is 10.1. The second-order valence-electron chi connectivity index (χ2n) is 4.13. The fourth-order valence-corrected chi connectivity index (χ4v) is 2.30. The number of nitrogen functional groups attached to an aromatic ring is 1. The standard InChI is InChI=1S/C12H13ClN4/c13-8-1-3-9(4-2-8)17-11-7-15-6-5-10(11)12(14)16-17/h1-4,15H,5-7H2,(H2,14,16). The second-order valence-corrected chi connectivity index (χ2v) is 4.56. The van der Waals surface area contributed by atoms with E-state index in [1.54, 1.807) is 0 Å². The zero-order valence-electron chi connectivity index (χ0n) is 9.28. The van der Waals surface area contributed by atoms with Gasteiger partial charge in [-0.3, -0.25) is 0 Å². The topological polar surface area (TPSA) is 55.9 Å². The van der Waals surface area contributed by atoms with Crippen molar-refractivity contribution in [2.24, 2.45) is 0 Å². The second kappa shape index (κ2) is 4.05. The Morgan fingerprint density at radius 1 is 1.29 bits per heavy atom. The monoisotopic (exact) mass is 248 g/mol. The third-order valence-corrected chi connectivity index (χ3v) is 3.29. The van der Waals surface area contributed by atoms with Gasteiger partial charge >= 0.3 is 0 Å². The van der Waals surface area contributed by atoms with E-state index in [4.69, 9.17) is 17.3 Å². The van der Waals surface area contributed by atoms with Crippen LogP contribution in [0.25, 0.3) is 5.69 Å². The van der Waals surface area contributed by atoms with Gasteiger partial charge < -0.3 is 11.1 Å². The van der Waals surface area contributed by atoms with Crippen LogP contribution in [0.2, 0.25) is 5.02 Å². The molecule has 0 bridgehead atoms. The molecule has 2 heterocycles. The van der Waals surface area contributed by atoms with Crippen LogP contribution >= 0.6 is 11.6 Å². The molecule has 3 N–H and O–H groups in total.